The third kappa shape index (κ3) is 6.24. The number of benzene rings is 1. The molecule has 162 valence electrons. The number of nitrogens with zero attached hydrogens (tertiary/aromatic N) is 3. The first kappa shape index (κ1) is 23.8. The molecule has 0 atom stereocenters. The van der Waals surface area contributed by atoms with Crippen LogP contribution in [-0.2, 0) is 20.2 Å². The van der Waals surface area contributed by atoms with Gasteiger partial charge in [-0.15, -0.1) is 0 Å². The lowest BCUT2D eigenvalue weighted by atomic mass is 10.1. The zero-order valence-corrected chi connectivity index (χ0v) is 20.0. The lowest BCUT2D eigenvalue weighted by Gasteiger charge is -2.26. The Kier molecular flexibility index (Phi) is 7.83. The molecule has 0 spiro atoms. The van der Waals surface area contributed by atoms with Gasteiger partial charge in [-0.05, 0) is 67.0 Å². The van der Waals surface area contributed by atoms with Crippen molar-refractivity contribution in [3.8, 4) is 0 Å². The van der Waals surface area contributed by atoms with Gasteiger partial charge in [-0.25, -0.2) is 4.98 Å². The van der Waals surface area contributed by atoms with E-state index in [0.29, 0.717) is 12.1 Å². The van der Waals surface area contributed by atoms with E-state index in [-0.39, 0.29) is 17.7 Å². The van der Waals surface area contributed by atoms with Crippen LogP contribution in [0.1, 0.15) is 68.2 Å². The maximum Gasteiger partial charge on any atom is 0.397 e. The molecule has 2 aromatic rings. The largest absolute Gasteiger partial charge is 0.397 e. The molecule has 0 aliphatic carbocycles. The van der Waals surface area contributed by atoms with Gasteiger partial charge in [0.2, 0.25) is 5.57 Å². The zero-order chi connectivity index (χ0) is 21.8. The highest BCUT2D eigenvalue weighted by Gasteiger charge is 2.36. The van der Waals surface area contributed by atoms with Crippen molar-refractivity contribution < 1.29 is 13.6 Å². The summed E-state index contributed by atoms with van der Waals surface area (Å²) in [5.74, 6) is 0. The van der Waals surface area contributed by atoms with Crippen LogP contribution in [0.15, 0.2) is 29.3 Å². The van der Waals surface area contributed by atoms with E-state index < -0.39 is 7.60 Å². The minimum absolute atomic E-state index is 0.268. The summed E-state index contributed by atoms with van der Waals surface area (Å²) in [6.45, 7) is 16.4. The lowest BCUT2D eigenvalue weighted by Crippen LogP contribution is -2.39. The third-order valence-corrected chi connectivity index (χ3v) is 6.21. The maximum atomic E-state index is 14.0. The third-order valence-electron chi connectivity index (χ3n) is 3.98. The van der Waals surface area contributed by atoms with Crippen molar-refractivity contribution in [3.05, 3.63) is 29.8 Å². The Balaban J connectivity index is 2.96. The Bertz CT molecular complexity index is 928. The van der Waals surface area contributed by atoms with E-state index in [2.05, 4.69) is 27.7 Å². The van der Waals surface area contributed by atoms with Crippen LogP contribution < -0.4 is 11.1 Å². The molecule has 0 unspecified atom stereocenters. The second-order valence-electron chi connectivity index (χ2n) is 8.85. The average molecular weight is 422 g/mol. The summed E-state index contributed by atoms with van der Waals surface area (Å²) >= 11 is 0. The lowest BCUT2D eigenvalue weighted by molar-refractivity contribution is 0.148. The summed E-state index contributed by atoms with van der Waals surface area (Å²) in [7, 11) is -3.67. The number of para-hydroxylation sites is 1. The van der Waals surface area contributed by atoms with Crippen LogP contribution in [0.3, 0.4) is 0 Å². The van der Waals surface area contributed by atoms with Crippen molar-refractivity contribution in [2.75, 3.05) is 0 Å². The summed E-state index contributed by atoms with van der Waals surface area (Å²) in [4.78, 5) is 9.78. The Morgan fingerprint density at radius 1 is 1.10 bits per heavy atom. The fourth-order valence-electron chi connectivity index (χ4n) is 3.01. The smallest absolute Gasteiger partial charge is 0.304 e. The molecule has 0 amide bonds. The number of aromatic nitrogens is 2. The van der Waals surface area contributed by atoms with E-state index in [4.69, 9.17) is 19.0 Å². The maximum absolute atomic E-state index is 14.0. The van der Waals surface area contributed by atoms with E-state index in [1.807, 2.05) is 56.5 Å². The molecular formula is C22H36N3O3P. The van der Waals surface area contributed by atoms with Gasteiger partial charge in [0.15, 0.2) is 0 Å². The van der Waals surface area contributed by atoms with Crippen LogP contribution in [0.5, 0.6) is 0 Å². The van der Waals surface area contributed by atoms with E-state index in [9.17, 15) is 4.57 Å². The highest BCUT2D eigenvalue weighted by molar-refractivity contribution is 7.61. The average Bonchev–Trinajstić information content (AvgIpc) is 2.57. The molecule has 1 aromatic carbocycles. The summed E-state index contributed by atoms with van der Waals surface area (Å²) in [5, 5.41) is 0.933. The molecule has 0 N–H and O–H groups in total. The normalized spacial score (nSPS) is 13.8. The molecule has 2 rings (SSSR count). The highest BCUT2D eigenvalue weighted by Crippen LogP contribution is 2.48. The topological polar surface area (TPSA) is 65.7 Å². The van der Waals surface area contributed by atoms with Crippen molar-refractivity contribution in [3.63, 3.8) is 0 Å². The predicted molar refractivity (Wildman–Crippen MR) is 120 cm³/mol. The first-order valence-corrected chi connectivity index (χ1v) is 12.0. The van der Waals surface area contributed by atoms with Gasteiger partial charge in [0.05, 0.1) is 23.3 Å². The standard InChI is InChI=1S/C22H36N3O3P/c1-9-10-15-25-20(24-22(6,7)8)18-13-11-12-14-19(18)23-21(25)29(26,27-16(2)3)28-17(4)5/h11-14,16-17H,9-10,15H2,1-8H3. The molecule has 0 fully saturated rings. The van der Waals surface area contributed by atoms with Gasteiger partial charge in [-0.1, -0.05) is 25.5 Å². The second kappa shape index (κ2) is 9.55. The fraction of sp³-hybridized carbons (Fsp3) is 0.636. The van der Waals surface area contributed by atoms with Gasteiger partial charge in [-0.3, -0.25) is 9.56 Å². The molecule has 1 aromatic heterocycles. The SMILES string of the molecule is CCCCn1c(P(=O)(OC(C)C)OC(C)C)nc2ccccc2c1=NC(C)(C)C. The Labute approximate surface area is 174 Å². The van der Waals surface area contributed by atoms with Gasteiger partial charge < -0.3 is 13.6 Å². The van der Waals surface area contributed by atoms with Gasteiger partial charge in [0, 0.05) is 11.9 Å². The molecule has 29 heavy (non-hydrogen) atoms. The number of rotatable bonds is 8. The summed E-state index contributed by atoms with van der Waals surface area (Å²) in [6, 6.07) is 7.83. The monoisotopic (exact) mass is 421 g/mol. The molecule has 0 aliphatic rings. The van der Waals surface area contributed by atoms with E-state index in [0.717, 1.165) is 29.2 Å². The molecule has 0 saturated carbocycles. The number of fused-ring (bicyclic) bond motifs is 1. The minimum Gasteiger partial charge on any atom is -0.304 e. The number of unbranched alkanes of at least 4 members (excludes halogenated alkanes) is 1. The molecule has 0 aliphatic heterocycles. The van der Waals surface area contributed by atoms with E-state index in [1.54, 1.807) is 0 Å². The Morgan fingerprint density at radius 3 is 2.21 bits per heavy atom. The van der Waals surface area contributed by atoms with E-state index in [1.165, 1.54) is 0 Å². The number of hydrogen-bond acceptors (Lipinski definition) is 5. The molecule has 7 heteroatoms. The van der Waals surface area contributed by atoms with Crippen LogP contribution in [0, 0.1) is 0 Å². The minimum atomic E-state index is -3.67. The van der Waals surface area contributed by atoms with Crippen molar-refractivity contribution in [2.24, 2.45) is 4.99 Å². The van der Waals surface area contributed by atoms with Gasteiger partial charge in [0.1, 0.15) is 5.49 Å². The predicted octanol–water partition coefficient (Wildman–Crippen LogP) is 5.20. The van der Waals surface area contributed by atoms with Crippen molar-refractivity contribution in [1.82, 2.24) is 9.55 Å². The van der Waals surface area contributed by atoms with E-state index >= 15 is 0 Å². The summed E-state index contributed by atoms with van der Waals surface area (Å²) < 4.78 is 27.8. The first-order valence-electron chi connectivity index (χ1n) is 10.5. The zero-order valence-electron chi connectivity index (χ0n) is 19.1. The second-order valence-corrected chi connectivity index (χ2v) is 10.7. The molecule has 6 nitrogen and oxygen atoms in total. The van der Waals surface area contributed by atoms with Crippen LogP contribution >= 0.6 is 7.60 Å². The molecule has 0 radical (unpaired) electrons. The van der Waals surface area contributed by atoms with Crippen molar-refractivity contribution in [1.29, 1.82) is 0 Å². The van der Waals surface area contributed by atoms with Crippen molar-refractivity contribution in [2.45, 2.75) is 92.5 Å². The fourth-order valence-corrected chi connectivity index (χ4v) is 5.08. The molecule has 0 saturated heterocycles. The summed E-state index contributed by atoms with van der Waals surface area (Å²) in [6.07, 6.45) is 1.37. The van der Waals surface area contributed by atoms with Crippen LogP contribution in [0.25, 0.3) is 10.9 Å². The van der Waals surface area contributed by atoms with Crippen LogP contribution in [0.4, 0.5) is 0 Å². The number of hydrogen-bond donors (Lipinski definition) is 0. The van der Waals surface area contributed by atoms with Gasteiger partial charge in [-0.2, -0.15) is 0 Å². The highest BCUT2D eigenvalue weighted by atomic mass is 31.2. The van der Waals surface area contributed by atoms with Crippen molar-refractivity contribution >= 4 is 24.1 Å². The van der Waals surface area contributed by atoms with Gasteiger partial charge >= 0.3 is 7.60 Å². The van der Waals surface area contributed by atoms with Gasteiger partial charge in [0.25, 0.3) is 0 Å². The molecule has 0 bridgehead atoms. The quantitative estimate of drug-likeness (QED) is 0.549. The Hall–Kier alpha value is -1.49. The molecule has 1 heterocycles. The first-order chi connectivity index (χ1) is 13.5. The molecular weight excluding hydrogens is 385 g/mol. The van der Waals surface area contributed by atoms with Crippen LogP contribution in [-0.4, -0.2) is 27.3 Å². The van der Waals surface area contributed by atoms with Crippen LogP contribution in [0.2, 0.25) is 0 Å². The Morgan fingerprint density at radius 2 is 1.69 bits per heavy atom. The summed E-state index contributed by atoms with van der Waals surface area (Å²) in [5.41, 5.74) is 1.52.